The van der Waals surface area contributed by atoms with E-state index in [0.29, 0.717) is 56.9 Å². The monoisotopic (exact) mass is 617 g/mol. The third-order valence-electron chi connectivity index (χ3n) is 5.75. The zero-order chi connectivity index (χ0) is 26.8. The van der Waals surface area contributed by atoms with Crippen molar-refractivity contribution in [3.8, 4) is 23.3 Å². The summed E-state index contributed by atoms with van der Waals surface area (Å²) in [6.07, 6.45) is 0.954. The molecule has 0 fully saturated rings. The van der Waals surface area contributed by atoms with Gasteiger partial charge in [-0.15, -0.1) is 0 Å². The number of halogens is 1. The number of alkyl halides is 1. The predicted octanol–water partition coefficient (Wildman–Crippen LogP) is 5.06. The average Bonchev–Trinajstić information content (AvgIpc) is 2.91. The molecule has 0 saturated carbocycles. The number of anilines is 1. The van der Waals surface area contributed by atoms with E-state index in [-0.39, 0.29) is 12.6 Å². The number of nitrogens with one attached hydrogen (secondary N) is 2. The number of aromatic nitrogens is 1. The van der Waals surface area contributed by atoms with Crippen LogP contribution in [0.2, 0.25) is 0 Å². The molecule has 3 aromatic rings. The number of hydrogen-bond donors (Lipinski definition) is 3. The number of pyridine rings is 1. The molecule has 9 nitrogen and oxygen atoms in total. The molecule has 0 spiro atoms. The van der Waals surface area contributed by atoms with Gasteiger partial charge in [-0.05, 0) is 55.9 Å². The van der Waals surface area contributed by atoms with Crippen LogP contribution in [0.15, 0.2) is 42.6 Å². The Morgan fingerprint density at radius 2 is 1.97 bits per heavy atom. The second kappa shape index (κ2) is 14.0. The Bertz CT molecular complexity index is 1260. The van der Waals surface area contributed by atoms with Crippen molar-refractivity contribution in [2.24, 2.45) is 0 Å². The van der Waals surface area contributed by atoms with E-state index in [9.17, 15) is 15.2 Å². The van der Waals surface area contributed by atoms with Crippen LogP contribution >= 0.6 is 22.6 Å². The minimum atomic E-state index is -0.678. The molecular formula is C27H32IN5O4. The van der Waals surface area contributed by atoms with Crippen LogP contribution in [0.3, 0.4) is 0 Å². The van der Waals surface area contributed by atoms with Crippen molar-refractivity contribution in [2.75, 3.05) is 38.1 Å². The molecule has 2 amide bonds. The molecule has 3 N–H and O–H groups in total. The van der Waals surface area contributed by atoms with Crippen molar-refractivity contribution in [1.82, 2.24) is 15.2 Å². The summed E-state index contributed by atoms with van der Waals surface area (Å²) in [5.74, 6) is 1.50. The van der Waals surface area contributed by atoms with Gasteiger partial charge in [0, 0.05) is 40.9 Å². The van der Waals surface area contributed by atoms with E-state index in [0.717, 1.165) is 18.7 Å². The standard InChI is InChI=1S/C27H32IN5O4/c1-4-30-27(35)32-23-8-7-21(11-18(23)14-28)37-25-9-10-31-24-13-26(19(15-29)12-22(24)25)36-17-20(34)16-33(5-2)6-3/h7-13,20,34H,4-6,14,16-17H2,1-3H3,(H2,30,32,35)/t20-/m1/s1. The Labute approximate surface area is 230 Å². The van der Waals surface area contributed by atoms with Gasteiger partial charge in [0.1, 0.15) is 36.0 Å². The quantitative estimate of drug-likeness (QED) is 0.192. The number of hydrogen-bond acceptors (Lipinski definition) is 7. The summed E-state index contributed by atoms with van der Waals surface area (Å²) in [4.78, 5) is 18.5. The molecule has 1 heterocycles. The highest BCUT2D eigenvalue weighted by molar-refractivity contribution is 14.1. The number of urea groups is 1. The first-order chi connectivity index (χ1) is 17.9. The van der Waals surface area contributed by atoms with Crippen LogP contribution < -0.4 is 20.1 Å². The molecule has 0 aliphatic rings. The third kappa shape index (κ3) is 7.67. The minimum absolute atomic E-state index is 0.0720. The number of benzene rings is 2. The van der Waals surface area contributed by atoms with Crippen LogP contribution in [0.1, 0.15) is 31.9 Å². The van der Waals surface area contributed by atoms with E-state index < -0.39 is 6.10 Å². The third-order valence-corrected chi connectivity index (χ3v) is 6.57. The van der Waals surface area contributed by atoms with Gasteiger partial charge < -0.3 is 30.1 Å². The van der Waals surface area contributed by atoms with Gasteiger partial charge in [-0.25, -0.2) is 4.79 Å². The van der Waals surface area contributed by atoms with Gasteiger partial charge in [0.25, 0.3) is 0 Å². The number of ether oxygens (including phenoxy) is 2. The fraction of sp³-hybridized carbons (Fsp3) is 0.370. The first-order valence-electron chi connectivity index (χ1n) is 12.2. The van der Waals surface area contributed by atoms with Gasteiger partial charge in [0.05, 0.1) is 11.1 Å². The van der Waals surface area contributed by atoms with Gasteiger partial charge in [-0.1, -0.05) is 36.4 Å². The van der Waals surface area contributed by atoms with Gasteiger partial charge in [0.2, 0.25) is 0 Å². The van der Waals surface area contributed by atoms with Crippen molar-refractivity contribution >= 4 is 45.2 Å². The number of rotatable bonds is 12. The summed E-state index contributed by atoms with van der Waals surface area (Å²) in [5, 5.41) is 26.3. The number of aliphatic hydroxyl groups is 1. The largest absolute Gasteiger partial charge is 0.489 e. The van der Waals surface area contributed by atoms with E-state index in [4.69, 9.17) is 9.47 Å². The Balaban J connectivity index is 1.82. The number of carbonyl (C=O) groups excluding carboxylic acids is 1. The van der Waals surface area contributed by atoms with Crippen LogP contribution in [0.25, 0.3) is 10.9 Å². The van der Waals surface area contributed by atoms with Crippen molar-refractivity contribution < 1.29 is 19.4 Å². The highest BCUT2D eigenvalue weighted by Gasteiger charge is 2.15. The lowest BCUT2D eigenvalue weighted by Gasteiger charge is -2.22. The first kappa shape index (κ1) is 28.4. The number of fused-ring (bicyclic) bond motifs is 1. The zero-order valence-electron chi connectivity index (χ0n) is 21.3. The lowest BCUT2D eigenvalue weighted by Crippen LogP contribution is -2.35. The molecule has 2 aromatic carbocycles. The Morgan fingerprint density at radius 1 is 1.19 bits per heavy atom. The van der Waals surface area contributed by atoms with E-state index in [1.54, 1.807) is 36.5 Å². The van der Waals surface area contributed by atoms with Gasteiger partial charge in [-0.2, -0.15) is 5.26 Å². The molecule has 1 atom stereocenters. The van der Waals surface area contributed by atoms with Crippen molar-refractivity contribution in [3.05, 3.63) is 53.7 Å². The fourth-order valence-electron chi connectivity index (χ4n) is 3.78. The summed E-state index contributed by atoms with van der Waals surface area (Å²) in [6.45, 7) is 8.73. The van der Waals surface area contributed by atoms with E-state index in [1.807, 2.05) is 26.8 Å². The molecule has 0 radical (unpaired) electrons. The second-order valence-electron chi connectivity index (χ2n) is 8.28. The molecular weight excluding hydrogens is 585 g/mol. The van der Waals surface area contributed by atoms with Crippen molar-refractivity contribution in [1.29, 1.82) is 5.26 Å². The smallest absolute Gasteiger partial charge is 0.319 e. The normalized spacial score (nSPS) is 11.7. The van der Waals surface area contributed by atoms with Crippen molar-refractivity contribution in [3.63, 3.8) is 0 Å². The molecule has 0 bridgehead atoms. The summed E-state index contributed by atoms with van der Waals surface area (Å²) in [7, 11) is 0. The maximum absolute atomic E-state index is 11.9. The van der Waals surface area contributed by atoms with Crippen molar-refractivity contribution in [2.45, 2.75) is 31.3 Å². The molecule has 0 aliphatic carbocycles. The number of carbonyl (C=O) groups is 1. The summed E-state index contributed by atoms with van der Waals surface area (Å²) >= 11 is 2.24. The Morgan fingerprint density at radius 3 is 2.65 bits per heavy atom. The number of aliphatic hydroxyl groups excluding tert-OH is 1. The van der Waals surface area contributed by atoms with Gasteiger partial charge >= 0.3 is 6.03 Å². The molecule has 10 heteroatoms. The minimum Gasteiger partial charge on any atom is -0.489 e. The number of amides is 2. The summed E-state index contributed by atoms with van der Waals surface area (Å²) in [5.41, 5.74) is 2.56. The molecule has 1 aromatic heterocycles. The van der Waals surface area contributed by atoms with Crippen LogP contribution in [0, 0.1) is 11.3 Å². The van der Waals surface area contributed by atoms with Gasteiger partial charge in [-0.3, -0.25) is 4.98 Å². The summed E-state index contributed by atoms with van der Waals surface area (Å²) < 4.78 is 12.7. The number of nitrogens with zero attached hydrogens (tertiary/aromatic N) is 3. The SMILES string of the molecule is CCNC(=O)Nc1ccc(Oc2ccnc3cc(OC[C@H](O)CN(CC)CC)c(C#N)cc23)cc1CI. The maximum atomic E-state index is 11.9. The second-order valence-corrected chi connectivity index (χ2v) is 9.04. The lowest BCUT2D eigenvalue weighted by atomic mass is 10.1. The topological polar surface area (TPSA) is 120 Å². The number of nitriles is 1. The Kier molecular flexibility index (Phi) is 10.7. The lowest BCUT2D eigenvalue weighted by molar-refractivity contribution is 0.0716. The van der Waals surface area contributed by atoms with Crippen LogP contribution in [0.5, 0.6) is 17.2 Å². The summed E-state index contributed by atoms with van der Waals surface area (Å²) in [6, 6.07) is 12.5. The van der Waals surface area contributed by atoms with Crippen LogP contribution in [0.4, 0.5) is 10.5 Å². The molecule has 3 rings (SSSR count). The van der Waals surface area contributed by atoms with Crippen LogP contribution in [-0.4, -0.2) is 59.9 Å². The average molecular weight is 617 g/mol. The Hall–Kier alpha value is -3.14. The highest BCUT2D eigenvalue weighted by atomic mass is 127. The highest BCUT2D eigenvalue weighted by Crippen LogP contribution is 2.34. The van der Waals surface area contributed by atoms with E-state index >= 15 is 0 Å². The molecule has 0 saturated heterocycles. The molecule has 0 unspecified atom stereocenters. The zero-order valence-corrected chi connectivity index (χ0v) is 23.4. The van der Waals surface area contributed by atoms with E-state index in [2.05, 4.69) is 49.2 Å². The molecule has 0 aliphatic heterocycles. The maximum Gasteiger partial charge on any atom is 0.319 e. The number of likely N-dealkylation sites (N-methyl/N-ethyl adjacent to an activating group) is 1. The molecule has 37 heavy (non-hydrogen) atoms. The van der Waals surface area contributed by atoms with Gasteiger partial charge in [0.15, 0.2) is 0 Å². The van der Waals surface area contributed by atoms with E-state index in [1.165, 1.54) is 0 Å². The first-order valence-corrected chi connectivity index (χ1v) is 13.7. The fourth-order valence-corrected chi connectivity index (χ4v) is 4.41. The predicted molar refractivity (Wildman–Crippen MR) is 153 cm³/mol. The van der Waals surface area contributed by atoms with Crippen LogP contribution in [-0.2, 0) is 4.43 Å². The molecule has 196 valence electrons.